The Hall–Kier alpha value is -0.410. The number of epoxide rings is 1. The van der Waals surface area contributed by atoms with Crippen molar-refractivity contribution in [1.82, 2.24) is 0 Å². The van der Waals surface area contributed by atoms with E-state index in [9.17, 15) is 9.90 Å². The maximum atomic E-state index is 11.5. The highest BCUT2D eigenvalue weighted by molar-refractivity contribution is 5.88. The second kappa shape index (κ2) is 2.39. The van der Waals surface area contributed by atoms with Crippen LogP contribution < -0.4 is 0 Å². The van der Waals surface area contributed by atoms with Gasteiger partial charge in [0.05, 0.1) is 6.10 Å². The van der Waals surface area contributed by atoms with Crippen LogP contribution in [0.25, 0.3) is 0 Å². The average molecular weight is 196 g/mol. The quantitative estimate of drug-likeness (QED) is 0.589. The molecule has 0 radical (unpaired) electrons. The van der Waals surface area contributed by atoms with Crippen LogP contribution in [-0.2, 0) is 9.53 Å². The van der Waals surface area contributed by atoms with E-state index in [4.69, 9.17) is 4.74 Å². The van der Waals surface area contributed by atoms with Crippen LogP contribution in [0.2, 0.25) is 0 Å². The number of ether oxygens (including phenoxy) is 1. The van der Waals surface area contributed by atoms with Gasteiger partial charge in [-0.25, -0.2) is 0 Å². The molecule has 1 aliphatic heterocycles. The van der Waals surface area contributed by atoms with Crippen LogP contribution in [-0.4, -0.2) is 28.7 Å². The van der Waals surface area contributed by atoms with E-state index in [1.807, 2.05) is 0 Å². The van der Waals surface area contributed by atoms with Crippen LogP contribution in [0.4, 0.5) is 0 Å². The van der Waals surface area contributed by atoms with E-state index < -0.39 is 0 Å². The van der Waals surface area contributed by atoms with Crippen molar-refractivity contribution in [2.75, 3.05) is 0 Å². The number of ketones is 1. The van der Waals surface area contributed by atoms with Gasteiger partial charge in [-0.2, -0.15) is 0 Å². The van der Waals surface area contributed by atoms with Gasteiger partial charge in [0.15, 0.2) is 5.78 Å². The van der Waals surface area contributed by atoms with E-state index in [2.05, 4.69) is 6.92 Å². The smallest absolute Gasteiger partial charge is 0.164 e. The molecule has 0 bridgehead atoms. The summed E-state index contributed by atoms with van der Waals surface area (Å²) in [7, 11) is 0. The fourth-order valence-electron chi connectivity index (χ4n) is 3.46. The molecule has 14 heavy (non-hydrogen) atoms. The zero-order valence-corrected chi connectivity index (χ0v) is 8.45. The molecule has 1 saturated heterocycles. The Morgan fingerprint density at radius 2 is 2.29 bits per heavy atom. The van der Waals surface area contributed by atoms with E-state index in [1.165, 1.54) is 0 Å². The minimum atomic E-state index is -0.283. The minimum absolute atomic E-state index is 0.163. The SMILES string of the molecule is C[C@]12CCC(=O)[C@H]3O[C@]31CCC[C@@H]2O. The average Bonchev–Trinajstić information content (AvgIpc) is 2.87. The molecule has 0 aromatic carbocycles. The molecule has 0 aromatic heterocycles. The summed E-state index contributed by atoms with van der Waals surface area (Å²) in [6.07, 6.45) is 3.72. The monoisotopic (exact) mass is 196 g/mol. The molecule has 2 aliphatic carbocycles. The highest BCUT2D eigenvalue weighted by atomic mass is 16.6. The van der Waals surface area contributed by atoms with Crippen molar-refractivity contribution in [3.8, 4) is 0 Å². The van der Waals surface area contributed by atoms with Crippen LogP contribution in [0.15, 0.2) is 0 Å². The van der Waals surface area contributed by atoms with E-state index in [0.29, 0.717) is 6.42 Å². The van der Waals surface area contributed by atoms with Crippen molar-refractivity contribution >= 4 is 5.78 Å². The number of rotatable bonds is 0. The van der Waals surface area contributed by atoms with Crippen molar-refractivity contribution < 1.29 is 14.6 Å². The number of Topliss-reactive ketones (excluding diaryl/α,β-unsaturated/α-hetero) is 1. The Morgan fingerprint density at radius 3 is 3.07 bits per heavy atom. The van der Waals surface area contributed by atoms with E-state index >= 15 is 0 Å². The summed E-state index contributed by atoms with van der Waals surface area (Å²) < 4.78 is 5.65. The number of carbonyl (C=O) groups is 1. The lowest BCUT2D eigenvalue weighted by Crippen LogP contribution is -2.53. The predicted octanol–water partition coefficient (Wildman–Crippen LogP) is 1.04. The number of hydrogen-bond donors (Lipinski definition) is 1. The van der Waals surface area contributed by atoms with E-state index in [0.717, 1.165) is 25.7 Å². The third kappa shape index (κ3) is 0.789. The van der Waals surface area contributed by atoms with Crippen molar-refractivity contribution in [2.45, 2.75) is 56.8 Å². The first kappa shape index (κ1) is 8.86. The van der Waals surface area contributed by atoms with Gasteiger partial charge < -0.3 is 9.84 Å². The normalized spacial score (nSPS) is 56.3. The first-order chi connectivity index (χ1) is 6.60. The first-order valence-corrected chi connectivity index (χ1v) is 5.49. The molecule has 1 N–H and O–H groups in total. The van der Waals surface area contributed by atoms with E-state index in [-0.39, 0.29) is 29.0 Å². The van der Waals surface area contributed by atoms with Crippen molar-refractivity contribution in [3.05, 3.63) is 0 Å². The third-order valence-corrected chi connectivity index (χ3v) is 4.61. The standard InChI is InChI=1S/C11H16O3/c1-10-6-4-7(12)9-11(10,14-9)5-2-3-8(10)13/h8-9,13H,2-6H2,1H3/t8-,9+,10+,11+/m0/s1. The van der Waals surface area contributed by atoms with Gasteiger partial charge >= 0.3 is 0 Å². The number of hydrogen-bond acceptors (Lipinski definition) is 3. The summed E-state index contributed by atoms with van der Waals surface area (Å²) in [6, 6.07) is 0. The van der Waals surface area contributed by atoms with Crippen LogP contribution in [0.3, 0.4) is 0 Å². The molecule has 0 amide bonds. The van der Waals surface area contributed by atoms with Crippen molar-refractivity contribution in [1.29, 1.82) is 0 Å². The number of aliphatic hydroxyl groups excluding tert-OH is 1. The fraction of sp³-hybridized carbons (Fsp3) is 0.909. The summed E-state index contributed by atoms with van der Waals surface area (Å²) in [5, 5.41) is 10.1. The first-order valence-electron chi connectivity index (χ1n) is 5.49. The Morgan fingerprint density at radius 1 is 1.50 bits per heavy atom. The molecule has 0 unspecified atom stereocenters. The van der Waals surface area contributed by atoms with Gasteiger partial charge in [0.2, 0.25) is 0 Å². The van der Waals surface area contributed by atoms with Gasteiger partial charge in [-0.3, -0.25) is 4.79 Å². The fourth-order valence-corrected chi connectivity index (χ4v) is 3.46. The molecule has 78 valence electrons. The molecule has 3 heteroatoms. The van der Waals surface area contributed by atoms with Gasteiger partial charge in [0, 0.05) is 11.8 Å². The van der Waals surface area contributed by atoms with E-state index in [1.54, 1.807) is 0 Å². The maximum Gasteiger partial charge on any atom is 0.164 e. The maximum absolute atomic E-state index is 11.5. The van der Waals surface area contributed by atoms with Crippen LogP contribution in [0.1, 0.15) is 39.0 Å². The van der Waals surface area contributed by atoms with Gasteiger partial charge in [-0.1, -0.05) is 6.92 Å². The summed E-state index contributed by atoms with van der Waals surface area (Å²) in [4.78, 5) is 11.5. The Kier molecular flexibility index (Phi) is 1.51. The second-order valence-electron chi connectivity index (χ2n) is 5.18. The molecule has 3 aliphatic rings. The van der Waals surface area contributed by atoms with Gasteiger partial charge in [-0.15, -0.1) is 0 Å². The zero-order valence-electron chi connectivity index (χ0n) is 8.45. The Bertz CT molecular complexity index is 301. The summed E-state index contributed by atoms with van der Waals surface area (Å²) in [5.41, 5.74) is -0.441. The molecule has 0 aromatic rings. The van der Waals surface area contributed by atoms with Crippen molar-refractivity contribution in [2.24, 2.45) is 5.41 Å². The van der Waals surface area contributed by atoms with Crippen LogP contribution >= 0.6 is 0 Å². The minimum Gasteiger partial charge on any atom is -0.392 e. The molecule has 1 heterocycles. The highest BCUT2D eigenvalue weighted by Crippen LogP contribution is 2.63. The molecule has 3 rings (SSSR count). The van der Waals surface area contributed by atoms with Crippen LogP contribution in [0, 0.1) is 5.41 Å². The Balaban J connectivity index is 1.99. The predicted molar refractivity (Wildman–Crippen MR) is 49.8 cm³/mol. The third-order valence-electron chi connectivity index (χ3n) is 4.61. The summed E-state index contributed by atoms with van der Waals surface area (Å²) in [5.74, 6) is 0.247. The molecular formula is C11H16O3. The molecule has 1 spiro atoms. The summed E-state index contributed by atoms with van der Waals surface area (Å²) in [6.45, 7) is 2.09. The Labute approximate surface area is 83.4 Å². The molecule has 3 nitrogen and oxygen atoms in total. The van der Waals surface area contributed by atoms with Gasteiger partial charge in [0.25, 0.3) is 0 Å². The molecule has 2 saturated carbocycles. The van der Waals surface area contributed by atoms with Gasteiger partial charge in [0.1, 0.15) is 11.7 Å². The lowest BCUT2D eigenvalue weighted by atomic mass is 9.58. The largest absolute Gasteiger partial charge is 0.392 e. The van der Waals surface area contributed by atoms with Gasteiger partial charge in [-0.05, 0) is 25.7 Å². The zero-order chi connectivity index (χ0) is 9.97. The van der Waals surface area contributed by atoms with Crippen molar-refractivity contribution in [3.63, 3.8) is 0 Å². The number of aliphatic hydroxyl groups is 1. The lowest BCUT2D eigenvalue weighted by Gasteiger charge is -2.45. The van der Waals surface area contributed by atoms with Crippen LogP contribution in [0.5, 0.6) is 0 Å². The molecule has 4 atom stereocenters. The second-order valence-corrected chi connectivity index (χ2v) is 5.18. The molecule has 3 fully saturated rings. The topological polar surface area (TPSA) is 49.8 Å². The lowest BCUT2D eigenvalue weighted by molar-refractivity contribution is -0.125. The summed E-state index contributed by atoms with van der Waals surface area (Å²) >= 11 is 0. The number of carbonyl (C=O) groups excluding carboxylic acids is 1. The highest BCUT2D eigenvalue weighted by Gasteiger charge is 2.73. The molecular weight excluding hydrogens is 180 g/mol.